The zero-order valence-electron chi connectivity index (χ0n) is 9.27. The lowest BCUT2D eigenvalue weighted by molar-refractivity contribution is 0.00206. The van der Waals surface area contributed by atoms with Gasteiger partial charge in [-0.15, -0.1) is 0 Å². The van der Waals surface area contributed by atoms with Gasteiger partial charge in [0.05, 0.1) is 25.6 Å². The van der Waals surface area contributed by atoms with Crippen LogP contribution >= 0.6 is 11.6 Å². The number of nitrogens with zero attached hydrogens (tertiary/aromatic N) is 4. The van der Waals surface area contributed by atoms with Crippen LogP contribution in [0.5, 0.6) is 0 Å². The fourth-order valence-electron chi connectivity index (χ4n) is 2.14. The van der Waals surface area contributed by atoms with E-state index < -0.39 is 12.2 Å². The lowest BCUT2D eigenvalue weighted by Crippen LogP contribution is -2.30. The molecule has 96 valence electrons. The third kappa shape index (κ3) is 1.67. The highest BCUT2D eigenvalue weighted by Crippen LogP contribution is 2.28. The second-order valence-electron chi connectivity index (χ2n) is 4.10. The Morgan fingerprint density at radius 2 is 2.28 bits per heavy atom. The normalized spacial score (nSPS) is 28.1. The van der Waals surface area contributed by atoms with Crippen molar-refractivity contribution in [3.63, 3.8) is 0 Å². The third-order valence-electron chi connectivity index (χ3n) is 3.11. The molecule has 0 amide bonds. The average Bonchev–Trinajstić information content (AvgIpc) is 2.93. The molecule has 1 aliphatic heterocycles. The van der Waals surface area contributed by atoms with Gasteiger partial charge in [0.2, 0.25) is 0 Å². The van der Waals surface area contributed by atoms with E-state index in [0.717, 1.165) is 0 Å². The average molecular weight is 271 g/mol. The molecule has 0 bridgehead atoms. The molecule has 0 spiro atoms. The molecule has 0 saturated carbocycles. The van der Waals surface area contributed by atoms with Crippen LogP contribution in [-0.4, -0.2) is 55.2 Å². The second kappa shape index (κ2) is 4.43. The van der Waals surface area contributed by atoms with Crippen molar-refractivity contribution in [3.05, 3.63) is 17.8 Å². The summed E-state index contributed by atoms with van der Waals surface area (Å²) >= 11 is 5.91. The van der Waals surface area contributed by atoms with E-state index in [2.05, 4.69) is 15.0 Å². The number of halogens is 1. The summed E-state index contributed by atoms with van der Waals surface area (Å²) in [5.41, 5.74) is 1.03. The van der Waals surface area contributed by atoms with Gasteiger partial charge in [-0.25, -0.2) is 15.0 Å². The van der Waals surface area contributed by atoms with Crippen molar-refractivity contribution < 1.29 is 14.9 Å². The number of aliphatic hydroxyl groups is 2. The molecule has 1 aliphatic rings. The second-order valence-corrected chi connectivity index (χ2v) is 4.46. The van der Waals surface area contributed by atoms with E-state index in [9.17, 15) is 5.11 Å². The van der Waals surface area contributed by atoms with E-state index in [0.29, 0.717) is 17.8 Å². The molecule has 2 aromatic rings. The number of fused-ring (bicyclic) bond motifs is 1. The highest BCUT2D eigenvalue weighted by molar-refractivity contribution is 6.33. The lowest BCUT2D eigenvalue weighted by Gasteiger charge is -2.17. The number of ether oxygens (including phenoxy) is 1. The number of aromatic nitrogens is 4. The first kappa shape index (κ1) is 11.8. The SMILES string of the molecule is OC[C@H]1OC[C@@H](n2cnc3c(Cl)ncnc32)[C@@H]1O. The molecule has 2 aromatic heterocycles. The predicted octanol–water partition coefficient (Wildman–Crippen LogP) is -0.227. The minimum absolute atomic E-state index is 0.222. The minimum atomic E-state index is -0.804. The standard InChI is InChI=1S/C10H11ClN4O3/c11-9-7-10(13-3-12-9)15(4-14-7)5-2-18-6(1-16)8(5)17/h3-6,8,16-17H,1-2H2/t5-,6-,8+/m1/s1. The van der Waals surface area contributed by atoms with Crippen molar-refractivity contribution in [3.8, 4) is 0 Å². The first-order valence-electron chi connectivity index (χ1n) is 5.46. The number of hydrogen-bond donors (Lipinski definition) is 2. The molecule has 1 saturated heterocycles. The van der Waals surface area contributed by atoms with Gasteiger partial charge in [-0.3, -0.25) is 0 Å². The summed E-state index contributed by atoms with van der Waals surface area (Å²) in [4.78, 5) is 12.1. The van der Waals surface area contributed by atoms with Crippen LogP contribution < -0.4 is 0 Å². The summed E-state index contributed by atoms with van der Waals surface area (Å²) in [6.45, 7) is 0.0690. The Morgan fingerprint density at radius 1 is 1.44 bits per heavy atom. The van der Waals surface area contributed by atoms with Crippen LogP contribution in [0, 0.1) is 0 Å². The van der Waals surface area contributed by atoms with Crippen molar-refractivity contribution in [2.45, 2.75) is 18.2 Å². The van der Waals surface area contributed by atoms with Gasteiger partial charge in [0.15, 0.2) is 10.8 Å². The molecule has 8 heteroatoms. The number of rotatable bonds is 2. The van der Waals surface area contributed by atoms with Crippen LogP contribution in [0.25, 0.3) is 11.2 Å². The van der Waals surface area contributed by atoms with Crippen LogP contribution in [0.15, 0.2) is 12.7 Å². The Morgan fingerprint density at radius 3 is 3.00 bits per heavy atom. The van der Waals surface area contributed by atoms with Crippen LogP contribution in [0.4, 0.5) is 0 Å². The van der Waals surface area contributed by atoms with Gasteiger partial charge in [-0.05, 0) is 0 Å². The Bertz CT molecular complexity index is 575. The zero-order valence-corrected chi connectivity index (χ0v) is 10.0. The van der Waals surface area contributed by atoms with Gasteiger partial charge in [0.1, 0.15) is 24.1 Å². The monoisotopic (exact) mass is 270 g/mol. The molecule has 3 rings (SSSR count). The van der Waals surface area contributed by atoms with Crippen molar-refractivity contribution in [2.24, 2.45) is 0 Å². The molecule has 1 fully saturated rings. The fraction of sp³-hybridized carbons (Fsp3) is 0.500. The van der Waals surface area contributed by atoms with Crippen LogP contribution in [0.3, 0.4) is 0 Å². The largest absolute Gasteiger partial charge is 0.394 e. The highest BCUT2D eigenvalue weighted by Gasteiger charge is 2.37. The molecular weight excluding hydrogens is 260 g/mol. The maximum atomic E-state index is 10.0. The number of aliphatic hydroxyl groups excluding tert-OH is 2. The summed E-state index contributed by atoms with van der Waals surface area (Å²) in [6, 6.07) is -0.335. The molecule has 0 radical (unpaired) electrons. The van der Waals surface area contributed by atoms with E-state index in [-0.39, 0.29) is 17.8 Å². The Hall–Kier alpha value is -1.28. The molecule has 3 heterocycles. The maximum Gasteiger partial charge on any atom is 0.165 e. The van der Waals surface area contributed by atoms with Gasteiger partial charge in [0.25, 0.3) is 0 Å². The zero-order chi connectivity index (χ0) is 12.7. The predicted molar refractivity (Wildman–Crippen MR) is 62.2 cm³/mol. The quantitative estimate of drug-likeness (QED) is 0.733. The van der Waals surface area contributed by atoms with Crippen molar-refractivity contribution >= 4 is 22.8 Å². The molecule has 0 aliphatic carbocycles. The molecule has 0 unspecified atom stereocenters. The Labute approximate surface area is 107 Å². The smallest absolute Gasteiger partial charge is 0.165 e. The summed E-state index contributed by atoms with van der Waals surface area (Å²) in [6.07, 6.45) is 1.50. The molecule has 0 aromatic carbocycles. The Kier molecular flexibility index (Phi) is 2.90. The van der Waals surface area contributed by atoms with Crippen LogP contribution in [-0.2, 0) is 4.74 Å². The van der Waals surface area contributed by atoms with E-state index in [4.69, 9.17) is 21.4 Å². The summed E-state index contributed by atoms with van der Waals surface area (Å²) in [5.74, 6) is 0. The minimum Gasteiger partial charge on any atom is -0.394 e. The molecule has 2 N–H and O–H groups in total. The number of hydrogen-bond acceptors (Lipinski definition) is 6. The van der Waals surface area contributed by atoms with Gasteiger partial charge in [-0.2, -0.15) is 0 Å². The van der Waals surface area contributed by atoms with Gasteiger partial charge < -0.3 is 19.5 Å². The molecule has 3 atom stereocenters. The molecule has 7 nitrogen and oxygen atoms in total. The van der Waals surface area contributed by atoms with Crippen LogP contribution in [0.1, 0.15) is 6.04 Å². The maximum absolute atomic E-state index is 10.0. The van der Waals surface area contributed by atoms with Crippen LogP contribution in [0.2, 0.25) is 5.15 Å². The third-order valence-corrected chi connectivity index (χ3v) is 3.38. The summed E-state index contributed by atoms with van der Waals surface area (Å²) < 4.78 is 7.00. The van der Waals surface area contributed by atoms with E-state index in [1.165, 1.54) is 6.33 Å². The molecular formula is C10H11ClN4O3. The van der Waals surface area contributed by atoms with Gasteiger partial charge >= 0.3 is 0 Å². The van der Waals surface area contributed by atoms with E-state index >= 15 is 0 Å². The first-order chi connectivity index (χ1) is 8.72. The lowest BCUT2D eigenvalue weighted by atomic mass is 10.1. The summed E-state index contributed by atoms with van der Waals surface area (Å²) in [7, 11) is 0. The number of imidazole rings is 1. The van der Waals surface area contributed by atoms with Gasteiger partial charge in [-0.1, -0.05) is 11.6 Å². The summed E-state index contributed by atoms with van der Waals surface area (Å²) in [5, 5.41) is 19.4. The van der Waals surface area contributed by atoms with Crippen molar-refractivity contribution in [2.75, 3.05) is 13.2 Å². The van der Waals surface area contributed by atoms with Gasteiger partial charge in [0, 0.05) is 0 Å². The van der Waals surface area contributed by atoms with E-state index in [1.54, 1.807) is 10.9 Å². The first-order valence-corrected chi connectivity index (χ1v) is 5.83. The topological polar surface area (TPSA) is 93.3 Å². The van der Waals surface area contributed by atoms with Crippen molar-refractivity contribution in [1.29, 1.82) is 0 Å². The van der Waals surface area contributed by atoms with E-state index in [1.807, 2.05) is 0 Å². The fourth-order valence-corrected chi connectivity index (χ4v) is 2.32. The highest BCUT2D eigenvalue weighted by atomic mass is 35.5. The Balaban J connectivity index is 2.03. The molecule has 18 heavy (non-hydrogen) atoms. The van der Waals surface area contributed by atoms with Crippen molar-refractivity contribution in [1.82, 2.24) is 19.5 Å².